The highest BCUT2D eigenvalue weighted by Gasteiger charge is 2.30. The van der Waals surface area contributed by atoms with E-state index >= 15 is 0 Å². The smallest absolute Gasteiger partial charge is 0.178 e. The molecule has 3 nitrogen and oxygen atoms in total. The molecule has 1 fully saturated rings. The largest absolute Gasteiger partial charge is 0.347 e. The molecule has 1 heterocycles. The van der Waals surface area contributed by atoms with E-state index in [1.54, 1.807) is 0 Å². The molecule has 1 N–H and O–H groups in total. The minimum absolute atomic E-state index is 0.434. The van der Waals surface area contributed by atoms with E-state index in [1.165, 1.54) is 5.56 Å². The molecule has 0 aromatic heterocycles. The van der Waals surface area contributed by atoms with Gasteiger partial charge < -0.3 is 14.8 Å². The van der Waals surface area contributed by atoms with Crippen molar-refractivity contribution in [1.29, 1.82) is 0 Å². The molecule has 1 aliphatic rings. The Morgan fingerprint density at radius 2 is 1.88 bits per heavy atom. The van der Waals surface area contributed by atoms with Gasteiger partial charge in [-0.2, -0.15) is 0 Å². The van der Waals surface area contributed by atoms with Gasteiger partial charge in [0.15, 0.2) is 5.79 Å². The van der Waals surface area contributed by atoms with Crippen LogP contribution in [0.25, 0.3) is 0 Å². The monoisotopic (exact) mass is 235 g/mol. The molecule has 1 aromatic rings. The van der Waals surface area contributed by atoms with E-state index in [9.17, 15) is 0 Å². The van der Waals surface area contributed by atoms with Crippen molar-refractivity contribution in [2.24, 2.45) is 0 Å². The first kappa shape index (κ1) is 12.6. The van der Waals surface area contributed by atoms with Gasteiger partial charge >= 0.3 is 0 Å². The first-order valence-electron chi connectivity index (χ1n) is 6.23. The van der Waals surface area contributed by atoms with E-state index in [4.69, 9.17) is 9.47 Å². The van der Waals surface area contributed by atoms with Gasteiger partial charge in [0, 0.05) is 13.1 Å². The number of hydrogen-bond acceptors (Lipinski definition) is 3. The summed E-state index contributed by atoms with van der Waals surface area (Å²) in [6.45, 7) is 7.29. The van der Waals surface area contributed by atoms with Gasteiger partial charge in [-0.05, 0) is 18.4 Å². The molecule has 0 bridgehead atoms. The third-order valence-electron chi connectivity index (χ3n) is 3.16. The van der Waals surface area contributed by atoms with Crippen molar-refractivity contribution in [3.8, 4) is 0 Å². The lowest BCUT2D eigenvalue weighted by Crippen LogP contribution is -2.40. The first-order chi connectivity index (χ1) is 8.20. The van der Waals surface area contributed by atoms with Gasteiger partial charge in [-0.1, -0.05) is 37.3 Å². The maximum atomic E-state index is 5.54. The Kier molecular flexibility index (Phi) is 4.15. The molecule has 1 saturated heterocycles. The summed E-state index contributed by atoms with van der Waals surface area (Å²) < 4.78 is 11.1. The molecule has 0 spiro atoms. The molecule has 2 rings (SSSR count). The summed E-state index contributed by atoms with van der Waals surface area (Å²) >= 11 is 0. The van der Waals surface area contributed by atoms with Crippen molar-refractivity contribution in [1.82, 2.24) is 5.32 Å². The SMILES string of the molecule is C[C@@H](CNCC1(C)OCCO1)c1ccccc1. The quantitative estimate of drug-likeness (QED) is 0.848. The van der Waals surface area contributed by atoms with Crippen LogP contribution in [0.4, 0.5) is 0 Å². The number of benzene rings is 1. The van der Waals surface area contributed by atoms with Crippen LogP contribution in [0.1, 0.15) is 25.3 Å². The topological polar surface area (TPSA) is 30.5 Å². The number of hydrogen-bond donors (Lipinski definition) is 1. The summed E-state index contributed by atoms with van der Waals surface area (Å²) in [5, 5.41) is 3.42. The van der Waals surface area contributed by atoms with Crippen LogP contribution >= 0.6 is 0 Å². The molecule has 0 aliphatic carbocycles. The van der Waals surface area contributed by atoms with E-state index in [1.807, 2.05) is 13.0 Å². The predicted octanol–water partition coefficient (Wildman–Crippen LogP) is 2.14. The fraction of sp³-hybridized carbons (Fsp3) is 0.571. The second-order valence-corrected chi connectivity index (χ2v) is 4.77. The van der Waals surface area contributed by atoms with Crippen LogP contribution in [-0.2, 0) is 9.47 Å². The van der Waals surface area contributed by atoms with Gasteiger partial charge in [-0.15, -0.1) is 0 Å². The molecule has 0 saturated carbocycles. The lowest BCUT2D eigenvalue weighted by Gasteiger charge is -2.23. The van der Waals surface area contributed by atoms with Gasteiger partial charge in [0.05, 0.1) is 13.2 Å². The van der Waals surface area contributed by atoms with Crippen molar-refractivity contribution < 1.29 is 9.47 Å². The van der Waals surface area contributed by atoms with Crippen LogP contribution in [0.15, 0.2) is 30.3 Å². The zero-order valence-corrected chi connectivity index (χ0v) is 10.6. The first-order valence-corrected chi connectivity index (χ1v) is 6.23. The van der Waals surface area contributed by atoms with Crippen molar-refractivity contribution in [3.05, 3.63) is 35.9 Å². The highest BCUT2D eigenvalue weighted by Crippen LogP contribution is 2.18. The lowest BCUT2D eigenvalue weighted by atomic mass is 10.0. The minimum atomic E-state index is -0.434. The predicted molar refractivity (Wildman–Crippen MR) is 68.0 cm³/mol. The molecule has 0 radical (unpaired) electrons. The normalized spacial score (nSPS) is 20.4. The van der Waals surface area contributed by atoms with E-state index in [0.717, 1.165) is 13.1 Å². The molecule has 0 unspecified atom stereocenters. The van der Waals surface area contributed by atoms with E-state index in [-0.39, 0.29) is 0 Å². The molecule has 1 atom stereocenters. The summed E-state index contributed by atoms with van der Waals surface area (Å²) in [7, 11) is 0. The van der Waals surface area contributed by atoms with E-state index in [0.29, 0.717) is 19.1 Å². The van der Waals surface area contributed by atoms with E-state index < -0.39 is 5.79 Å². The second-order valence-electron chi connectivity index (χ2n) is 4.77. The third-order valence-corrected chi connectivity index (χ3v) is 3.16. The molecule has 1 aliphatic heterocycles. The van der Waals surface area contributed by atoms with Gasteiger partial charge in [0.2, 0.25) is 0 Å². The highest BCUT2D eigenvalue weighted by atomic mass is 16.7. The van der Waals surface area contributed by atoms with Gasteiger partial charge in [-0.3, -0.25) is 0 Å². The maximum absolute atomic E-state index is 5.54. The molecular weight excluding hydrogens is 214 g/mol. The van der Waals surface area contributed by atoms with Gasteiger partial charge in [0.1, 0.15) is 0 Å². The van der Waals surface area contributed by atoms with Crippen LogP contribution in [0.5, 0.6) is 0 Å². The number of nitrogens with one attached hydrogen (secondary N) is 1. The van der Waals surface area contributed by atoms with E-state index in [2.05, 4.69) is 36.5 Å². The van der Waals surface area contributed by atoms with Gasteiger partial charge in [-0.25, -0.2) is 0 Å². The fourth-order valence-electron chi connectivity index (χ4n) is 2.07. The molecule has 1 aromatic carbocycles. The average Bonchev–Trinajstić information content (AvgIpc) is 2.77. The molecule has 3 heteroatoms. The standard InChI is InChI=1S/C14H21NO2/c1-12(13-6-4-3-5-7-13)10-15-11-14(2)16-8-9-17-14/h3-7,12,15H,8-11H2,1-2H3/t12-/m0/s1. The Morgan fingerprint density at radius 3 is 2.53 bits per heavy atom. The zero-order chi connectivity index (χ0) is 12.1. The summed E-state index contributed by atoms with van der Waals surface area (Å²) in [5.74, 6) is 0.0670. The number of ether oxygens (including phenoxy) is 2. The maximum Gasteiger partial charge on any atom is 0.178 e. The van der Waals surface area contributed by atoms with Crippen LogP contribution < -0.4 is 5.32 Å². The van der Waals surface area contributed by atoms with Crippen LogP contribution in [0.2, 0.25) is 0 Å². The molecule has 17 heavy (non-hydrogen) atoms. The van der Waals surface area contributed by atoms with Crippen molar-refractivity contribution >= 4 is 0 Å². The average molecular weight is 235 g/mol. The Bertz CT molecular complexity index is 333. The number of rotatable bonds is 5. The van der Waals surface area contributed by atoms with Crippen LogP contribution in [-0.4, -0.2) is 32.1 Å². The summed E-state index contributed by atoms with van der Waals surface area (Å²) in [6.07, 6.45) is 0. The van der Waals surface area contributed by atoms with Gasteiger partial charge in [0.25, 0.3) is 0 Å². The Labute approximate surface area is 103 Å². The summed E-state index contributed by atoms with van der Waals surface area (Å²) in [6, 6.07) is 10.5. The third kappa shape index (κ3) is 3.53. The fourth-order valence-corrected chi connectivity index (χ4v) is 2.07. The zero-order valence-electron chi connectivity index (χ0n) is 10.6. The lowest BCUT2D eigenvalue weighted by molar-refractivity contribution is -0.138. The van der Waals surface area contributed by atoms with Crippen molar-refractivity contribution in [3.63, 3.8) is 0 Å². The molecule has 94 valence electrons. The molecule has 0 amide bonds. The Morgan fingerprint density at radius 1 is 1.24 bits per heavy atom. The van der Waals surface area contributed by atoms with Crippen LogP contribution in [0.3, 0.4) is 0 Å². The summed E-state index contributed by atoms with van der Waals surface area (Å²) in [5.41, 5.74) is 1.36. The summed E-state index contributed by atoms with van der Waals surface area (Å²) in [4.78, 5) is 0. The second kappa shape index (κ2) is 5.63. The Balaban J connectivity index is 1.75. The highest BCUT2D eigenvalue weighted by molar-refractivity contribution is 5.18. The van der Waals surface area contributed by atoms with Crippen molar-refractivity contribution in [2.45, 2.75) is 25.6 Å². The molecular formula is C14H21NO2. The Hall–Kier alpha value is -0.900. The van der Waals surface area contributed by atoms with Crippen molar-refractivity contribution in [2.75, 3.05) is 26.3 Å². The van der Waals surface area contributed by atoms with Crippen LogP contribution in [0, 0.1) is 0 Å². The minimum Gasteiger partial charge on any atom is -0.347 e.